The molecular weight excluding hydrogens is 345 g/mol. The van der Waals surface area contributed by atoms with Crippen LogP contribution < -0.4 is 0 Å². The molecule has 8 heteroatoms. The van der Waals surface area contributed by atoms with Gasteiger partial charge in [-0.25, -0.2) is 0 Å². The summed E-state index contributed by atoms with van der Waals surface area (Å²) >= 11 is 17.0. The van der Waals surface area contributed by atoms with Crippen molar-refractivity contribution in [2.75, 3.05) is 0 Å². The smallest absolute Gasteiger partial charge is 0.282 e. The second kappa shape index (κ2) is 5.69. The number of benzene rings is 1. The Morgan fingerprint density at radius 1 is 0.900 bits per heavy atom. The number of nitrogens with zero attached hydrogens (tertiary/aromatic N) is 1. The number of hydrogen-bond donors (Lipinski definition) is 0. The third-order valence-electron chi connectivity index (χ3n) is 2.32. The molecule has 0 saturated carbocycles. The van der Waals surface area contributed by atoms with E-state index in [9.17, 15) is 13.2 Å². The molecule has 1 aromatic rings. The average Bonchev–Trinajstić information content (AvgIpc) is 2.36. The monoisotopic (exact) mass is 349 g/mol. The number of hydrogen-bond acceptors (Lipinski definition) is 3. The fourth-order valence-corrected chi connectivity index (χ4v) is 2.97. The molecule has 0 saturated heterocycles. The van der Waals surface area contributed by atoms with E-state index in [-0.39, 0.29) is 20.7 Å². The molecule has 2 rings (SSSR count). The third kappa shape index (κ3) is 3.30. The van der Waals surface area contributed by atoms with Crippen molar-refractivity contribution in [1.82, 2.24) is 0 Å². The largest absolute Gasteiger partial charge is 0.287 e. The molecule has 0 radical (unpaired) electrons. The number of rotatable bonds is 2. The van der Waals surface area contributed by atoms with Gasteiger partial charge in [-0.05, 0) is 36.4 Å². The molecule has 0 spiro atoms. The van der Waals surface area contributed by atoms with Crippen molar-refractivity contribution in [3.8, 4) is 0 Å². The number of ketones is 1. The maximum absolute atomic E-state index is 12.0. The molecule has 20 heavy (non-hydrogen) atoms. The van der Waals surface area contributed by atoms with E-state index in [1.807, 2.05) is 0 Å². The number of carbonyl (C=O) groups excluding carboxylic acids is 1. The fourth-order valence-electron chi connectivity index (χ4n) is 1.40. The molecule has 0 atom stereocenters. The van der Waals surface area contributed by atoms with Crippen LogP contribution in [0.25, 0.3) is 0 Å². The van der Waals surface area contributed by atoms with Crippen LogP contribution in [0.15, 0.2) is 55.8 Å². The summed E-state index contributed by atoms with van der Waals surface area (Å²) in [5.74, 6) is -0.573. The van der Waals surface area contributed by atoms with Gasteiger partial charge in [0, 0.05) is 5.02 Å². The van der Waals surface area contributed by atoms with Crippen LogP contribution in [0.4, 0.5) is 0 Å². The number of carbonyl (C=O) groups is 1. The van der Waals surface area contributed by atoms with Crippen molar-refractivity contribution >= 4 is 56.3 Å². The van der Waals surface area contributed by atoms with Crippen molar-refractivity contribution in [2.45, 2.75) is 4.90 Å². The lowest BCUT2D eigenvalue weighted by molar-refractivity contribution is -0.111. The first-order valence-electron chi connectivity index (χ1n) is 5.19. The van der Waals surface area contributed by atoms with E-state index in [4.69, 9.17) is 34.8 Å². The molecule has 0 N–H and O–H groups in total. The molecule has 1 aromatic carbocycles. The van der Waals surface area contributed by atoms with Crippen LogP contribution in [0.3, 0.4) is 0 Å². The molecule has 0 heterocycles. The predicted molar refractivity (Wildman–Crippen MR) is 79.0 cm³/mol. The van der Waals surface area contributed by atoms with Gasteiger partial charge in [-0.3, -0.25) is 4.79 Å². The van der Waals surface area contributed by atoms with Crippen molar-refractivity contribution < 1.29 is 13.2 Å². The first-order valence-corrected chi connectivity index (χ1v) is 7.76. The van der Waals surface area contributed by atoms with Crippen LogP contribution in [-0.4, -0.2) is 19.9 Å². The summed E-state index contributed by atoms with van der Waals surface area (Å²) in [5.41, 5.74) is -0.0189. The van der Waals surface area contributed by atoms with Gasteiger partial charge < -0.3 is 0 Å². The fraction of sp³-hybridized carbons (Fsp3) is 0. The van der Waals surface area contributed by atoms with E-state index in [1.165, 1.54) is 24.3 Å². The molecule has 0 fully saturated rings. The summed E-state index contributed by atoms with van der Waals surface area (Å²) in [6.45, 7) is 0. The minimum atomic E-state index is -3.93. The van der Waals surface area contributed by atoms with Crippen molar-refractivity contribution in [1.29, 1.82) is 0 Å². The lowest BCUT2D eigenvalue weighted by Gasteiger charge is -2.06. The Hall–Kier alpha value is -1.14. The number of allylic oxidation sites excluding steroid dienone is 4. The molecule has 1 aliphatic rings. The highest BCUT2D eigenvalue weighted by Crippen LogP contribution is 2.22. The van der Waals surface area contributed by atoms with Gasteiger partial charge in [0.25, 0.3) is 10.0 Å². The number of sulfonamides is 1. The zero-order valence-corrected chi connectivity index (χ0v) is 12.8. The van der Waals surface area contributed by atoms with E-state index in [0.29, 0.717) is 5.02 Å². The van der Waals surface area contributed by atoms with E-state index in [0.717, 1.165) is 12.2 Å². The SMILES string of the molecule is O=C1C(Cl)=CC(=NS(=O)(=O)c2ccc(Cl)cc2)C=C1Cl. The second-order valence-corrected chi connectivity index (χ2v) is 6.61. The predicted octanol–water partition coefficient (Wildman–Crippen LogP) is 3.30. The van der Waals surface area contributed by atoms with Crippen LogP contribution in [0, 0.1) is 0 Å². The summed E-state index contributed by atoms with van der Waals surface area (Å²) in [4.78, 5) is 11.3. The van der Waals surface area contributed by atoms with Gasteiger partial charge in [0.1, 0.15) is 0 Å². The Morgan fingerprint density at radius 3 is 1.90 bits per heavy atom. The Balaban J connectivity index is 2.44. The zero-order valence-electron chi connectivity index (χ0n) is 9.68. The molecule has 0 aromatic heterocycles. The van der Waals surface area contributed by atoms with Gasteiger partial charge >= 0.3 is 0 Å². The van der Waals surface area contributed by atoms with Crippen LogP contribution >= 0.6 is 34.8 Å². The standard InChI is InChI=1S/C12H6Cl3NO3S/c13-7-1-3-9(4-2-7)20(18,19)16-8-5-10(14)12(17)11(15)6-8/h1-6H. The molecule has 0 unspecified atom stereocenters. The number of halogens is 3. The van der Waals surface area contributed by atoms with Crippen molar-refractivity contribution in [2.24, 2.45) is 4.40 Å². The molecule has 4 nitrogen and oxygen atoms in total. The molecule has 1 aliphatic carbocycles. The summed E-state index contributed by atoms with van der Waals surface area (Å²) < 4.78 is 27.7. The molecule has 0 amide bonds. The Labute approximate surface area is 130 Å². The third-order valence-corrected chi connectivity index (χ3v) is 4.45. The average molecular weight is 351 g/mol. The van der Waals surface area contributed by atoms with Crippen molar-refractivity contribution in [3.05, 3.63) is 51.5 Å². The van der Waals surface area contributed by atoms with Gasteiger partial charge in [0.05, 0.1) is 20.7 Å². The van der Waals surface area contributed by atoms with E-state index in [2.05, 4.69) is 4.40 Å². The van der Waals surface area contributed by atoms with Gasteiger partial charge in [-0.15, -0.1) is 0 Å². The summed E-state index contributed by atoms with van der Waals surface area (Å²) in [5, 5.41) is 0.0239. The topological polar surface area (TPSA) is 63.6 Å². The van der Waals surface area contributed by atoms with Crippen LogP contribution in [0.2, 0.25) is 5.02 Å². The number of Topliss-reactive ketones (excluding diaryl/α,β-unsaturated/α-hetero) is 1. The van der Waals surface area contributed by atoms with Crippen LogP contribution in [-0.2, 0) is 14.8 Å². The normalized spacial score (nSPS) is 15.8. The highest BCUT2D eigenvalue weighted by molar-refractivity contribution is 7.90. The highest BCUT2D eigenvalue weighted by Gasteiger charge is 2.20. The minimum Gasteiger partial charge on any atom is -0.287 e. The van der Waals surface area contributed by atoms with E-state index < -0.39 is 15.8 Å². The van der Waals surface area contributed by atoms with Crippen LogP contribution in [0.5, 0.6) is 0 Å². The van der Waals surface area contributed by atoms with Gasteiger partial charge in [0.2, 0.25) is 5.78 Å². The van der Waals surface area contributed by atoms with Gasteiger partial charge in [-0.2, -0.15) is 12.8 Å². The maximum Gasteiger partial charge on any atom is 0.282 e. The second-order valence-electron chi connectivity index (χ2n) is 3.76. The Bertz CT molecular complexity index is 738. The van der Waals surface area contributed by atoms with Gasteiger partial charge in [-0.1, -0.05) is 34.8 Å². The Morgan fingerprint density at radius 2 is 1.40 bits per heavy atom. The summed E-state index contributed by atoms with van der Waals surface area (Å²) in [7, 11) is -3.93. The molecule has 104 valence electrons. The van der Waals surface area contributed by atoms with E-state index in [1.54, 1.807) is 0 Å². The lowest BCUT2D eigenvalue weighted by Crippen LogP contribution is -2.10. The first kappa shape index (κ1) is 15.3. The maximum atomic E-state index is 12.0. The Kier molecular flexibility index (Phi) is 4.34. The minimum absolute atomic E-state index is 0.0189. The molecular formula is C12H6Cl3NO3S. The van der Waals surface area contributed by atoms with E-state index >= 15 is 0 Å². The quantitative estimate of drug-likeness (QED) is 0.769. The van der Waals surface area contributed by atoms with Gasteiger partial charge in [0.15, 0.2) is 0 Å². The highest BCUT2D eigenvalue weighted by atomic mass is 35.5. The summed E-state index contributed by atoms with van der Waals surface area (Å²) in [6.07, 6.45) is 2.28. The first-order chi connectivity index (χ1) is 9.29. The molecule has 0 aliphatic heterocycles. The van der Waals surface area contributed by atoms with Crippen molar-refractivity contribution in [3.63, 3.8) is 0 Å². The molecule has 0 bridgehead atoms. The summed E-state index contributed by atoms with van der Waals surface area (Å²) in [6, 6.07) is 5.52. The lowest BCUT2D eigenvalue weighted by atomic mass is 10.1. The zero-order chi connectivity index (χ0) is 14.9. The van der Waals surface area contributed by atoms with Crippen LogP contribution in [0.1, 0.15) is 0 Å².